The fourth-order valence-corrected chi connectivity index (χ4v) is 4.53. The largest absolute Gasteiger partial charge is 0.381 e. The zero-order valence-corrected chi connectivity index (χ0v) is 16.6. The monoisotopic (exact) mass is 403 g/mol. The van der Waals surface area contributed by atoms with Crippen LogP contribution in [0.5, 0.6) is 0 Å². The van der Waals surface area contributed by atoms with Gasteiger partial charge in [0.2, 0.25) is 5.91 Å². The highest BCUT2D eigenvalue weighted by atomic mass is 35.5. The van der Waals surface area contributed by atoms with Gasteiger partial charge in [0.05, 0.1) is 0 Å². The van der Waals surface area contributed by atoms with Gasteiger partial charge in [-0.25, -0.2) is 0 Å². The Kier molecular flexibility index (Phi) is 5.45. The number of carbonyl (C=O) groups is 1. The summed E-state index contributed by atoms with van der Waals surface area (Å²) in [7, 11) is 0. The Bertz CT molecular complexity index is 815. The van der Waals surface area contributed by atoms with Crippen molar-refractivity contribution in [2.45, 2.75) is 30.6 Å². The summed E-state index contributed by atoms with van der Waals surface area (Å²) in [5.74, 6) is 0.381. The van der Waals surface area contributed by atoms with Crippen LogP contribution < -0.4 is 5.32 Å². The van der Waals surface area contributed by atoms with E-state index in [4.69, 9.17) is 27.9 Å². The maximum Gasteiger partial charge on any atom is 0.223 e. The van der Waals surface area contributed by atoms with Crippen molar-refractivity contribution in [1.29, 1.82) is 0 Å². The molecule has 2 unspecified atom stereocenters. The number of rotatable bonds is 5. The van der Waals surface area contributed by atoms with Crippen molar-refractivity contribution in [1.82, 2.24) is 5.32 Å². The third kappa shape index (κ3) is 4.01. The van der Waals surface area contributed by atoms with E-state index in [1.165, 1.54) is 5.56 Å². The molecule has 2 atom stereocenters. The van der Waals surface area contributed by atoms with Gasteiger partial charge in [-0.2, -0.15) is 0 Å². The molecule has 1 saturated heterocycles. The van der Waals surface area contributed by atoms with Crippen molar-refractivity contribution in [2.75, 3.05) is 19.8 Å². The fraction of sp³-hybridized carbons (Fsp3) is 0.409. The third-order valence-electron chi connectivity index (χ3n) is 5.94. The molecular formula is C22H23Cl2NO2. The summed E-state index contributed by atoms with van der Waals surface area (Å²) in [4.78, 5) is 12.8. The van der Waals surface area contributed by atoms with Crippen LogP contribution in [0.1, 0.15) is 36.3 Å². The summed E-state index contributed by atoms with van der Waals surface area (Å²) in [5.41, 5.74) is 2.21. The molecule has 1 saturated carbocycles. The first-order valence-electron chi connectivity index (χ1n) is 9.45. The first-order valence-corrected chi connectivity index (χ1v) is 10.2. The maximum atomic E-state index is 12.8. The minimum atomic E-state index is -0.0900. The summed E-state index contributed by atoms with van der Waals surface area (Å²) in [6.07, 6.45) is 2.66. The molecule has 1 amide bonds. The van der Waals surface area contributed by atoms with Crippen molar-refractivity contribution < 1.29 is 9.53 Å². The van der Waals surface area contributed by atoms with E-state index in [0.29, 0.717) is 19.8 Å². The minimum Gasteiger partial charge on any atom is -0.381 e. The topological polar surface area (TPSA) is 38.3 Å². The van der Waals surface area contributed by atoms with Gasteiger partial charge in [-0.1, -0.05) is 53.5 Å². The third-order valence-corrected chi connectivity index (χ3v) is 6.54. The van der Waals surface area contributed by atoms with Crippen LogP contribution in [0.3, 0.4) is 0 Å². The van der Waals surface area contributed by atoms with Gasteiger partial charge in [-0.15, -0.1) is 0 Å². The second-order valence-electron chi connectivity index (χ2n) is 7.59. The molecule has 1 aliphatic heterocycles. The molecule has 1 N–H and O–H groups in total. The molecule has 2 aliphatic rings. The summed E-state index contributed by atoms with van der Waals surface area (Å²) in [6.45, 7) is 2.05. The average Bonchev–Trinajstić information content (AvgIpc) is 3.48. The molecule has 2 aromatic carbocycles. The van der Waals surface area contributed by atoms with Gasteiger partial charge in [0.25, 0.3) is 0 Å². The van der Waals surface area contributed by atoms with E-state index >= 15 is 0 Å². The van der Waals surface area contributed by atoms with Crippen LogP contribution in [0.4, 0.5) is 0 Å². The lowest BCUT2D eigenvalue weighted by Crippen LogP contribution is -2.45. The molecule has 1 aliphatic carbocycles. The second kappa shape index (κ2) is 7.83. The van der Waals surface area contributed by atoms with Crippen LogP contribution in [0.2, 0.25) is 10.0 Å². The maximum absolute atomic E-state index is 12.8. The number of amides is 1. The van der Waals surface area contributed by atoms with Crippen LogP contribution in [-0.2, 0) is 14.9 Å². The quantitative estimate of drug-likeness (QED) is 0.765. The lowest BCUT2D eigenvalue weighted by atomic mass is 9.74. The average molecular weight is 404 g/mol. The number of carbonyl (C=O) groups excluding carboxylic acids is 1. The zero-order chi connectivity index (χ0) is 18.9. The molecule has 5 heteroatoms. The lowest BCUT2D eigenvalue weighted by molar-refractivity contribution is -0.122. The Labute approximate surface area is 170 Å². The van der Waals surface area contributed by atoms with Crippen LogP contribution >= 0.6 is 23.2 Å². The van der Waals surface area contributed by atoms with E-state index in [1.54, 1.807) is 0 Å². The molecule has 0 spiro atoms. The SMILES string of the molecule is O=C(NCC1(c2ccc(Cl)cc2)CCOCC1)C1CC1c1ccccc1Cl. The van der Waals surface area contributed by atoms with Crippen molar-refractivity contribution >= 4 is 29.1 Å². The molecule has 3 nitrogen and oxygen atoms in total. The predicted octanol–water partition coefficient (Wildman–Crippen LogP) is 4.96. The van der Waals surface area contributed by atoms with E-state index in [0.717, 1.165) is 34.9 Å². The van der Waals surface area contributed by atoms with Crippen molar-refractivity contribution in [3.63, 3.8) is 0 Å². The van der Waals surface area contributed by atoms with Crippen LogP contribution in [0.15, 0.2) is 48.5 Å². The molecule has 4 rings (SSSR count). The zero-order valence-electron chi connectivity index (χ0n) is 15.1. The van der Waals surface area contributed by atoms with Gasteiger partial charge in [0, 0.05) is 41.1 Å². The number of benzene rings is 2. The molecule has 0 radical (unpaired) electrons. The van der Waals surface area contributed by atoms with Gasteiger partial charge < -0.3 is 10.1 Å². The first-order chi connectivity index (χ1) is 13.1. The Morgan fingerprint density at radius 3 is 2.48 bits per heavy atom. The normalized spacial score (nSPS) is 23.6. The molecule has 0 aromatic heterocycles. The second-order valence-corrected chi connectivity index (χ2v) is 8.43. The minimum absolute atomic E-state index is 0.0204. The molecule has 2 aromatic rings. The summed E-state index contributed by atoms with van der Waals surface area (Å²) in [5, 5.41) is 4.69. The van der Waals surface area contributed by atoms with Crippen molar-refractivity contribution in [3.05, 3.63) is 69.7 Å². The van der Waals surface area contributed by atoms with Gasteiger partial charge in [-0.3, -0.25) is 4.79 Å². The highest BCUT2D eigenvalue weighted by Crippen LogP contribution is 2.49. The van der Waals surface area contributed by atoms with Crippen LogP contribution in [0, 0.1) is 5.92 Å². The summed E-state index contributed by atoms with van der Waals surface area (Å²) in [6, 6.07) is 15.8. The van der Waals surface area contributed by atoms with Gasteiger partial charge in [-0.05, 0) is 54.5 Å². The van der Waals surface area contributed by atoms with Gasteiger partial charge in [0.1, 0.15) is 0 Å². The van der Waals surface area contributed by atoms with E-state index in [2.05, 4.69) is 17.4 Å². The van der Waals surface area contributed by atoms with E-state index in [-0.39, 0.29) is 23.2 Å². The van der Waals surface area contributed by atoms with Gasteiger partial charge >= 0.3 is 0 Å². The summed E-state index contributed by atoms with van der Waals surface area (Å²) >= 11 is 12.3. The standard InChI is InChI=1S/C22H23Cl2NO2/c23-16-7-5-15(6-8-16)22(9-11-27-12-10-22)14-25-21(26)19-13-18(19)17-3-1-2-4-20(17)24/h1-8,18-19H,9-14H2,(H,25,26). The Morgan fingerprint density at radius 1 is 1.07 bits per heavy atom. The Hall–Kier alpha value is -1.55. The van der Waals surface area contributed by atoms with Crippen molar-refractivity contribution in [2.24, 2.45) is 5.92 Å². The number of hydrogen-bond donors (Lipinski definition) is 1. The number of ether oxygens (including phenoxy) is 1. The number of hydrogen-bond acceptors (Lipinski definition) is 2. The van der Waals surface area contributed by atoms with Crippen LogP contribution in [-0.4, -0.2) is 25.7 Å². The highest BCUT2D eigenvalue weighted by Gasteiger charge is 2.45. The molecular weight excluding hydrogens is 381 g/mol. The van der Waals surface area contributed by atoms with Gasteiger partial charge in [0.15, 0.2) is 0 Å². The Morgan fingerprint density at radius 2 is 1.78 bits per heavy atom. The lowest BCUT2D eigenvalue weighted by Gasteiger charge is -2.38. The number of halogens is 2. The summed E-state index contributed by atoms with van der Waals surface area (Å²) < 4.78 is 5.57. The first kappa shape index (κ1) is 18.8. The fourth-order valence-electron chi connectivity index (χ4n) is 4.12. The molecule has 27 heavy (non-hydrogen) atoms. The Balaban J connectivity index is 1.43. The van der Waals surface area contributed by atoms with E-state index < -0.39 is 0 Å². The smallest absolute Gasteiger partial charge is 0.223 e. The molecule has 0 bridgehead atoms. The molecule has 1 heterocycles. The van der Waals surface area contributed by atoms with Crippen molar-refractivity contribution in [3.8, 4) is 0 Å². The molecule has 142 valence electrons. The van der Waals surface area contributed by atoms with E-state index in [9.17, 15) is 4.79 Å². The predicted molar refractivity (Wildman–Crippen MR) is 108 cm³/mol. The number of nitrogens with one attached hydrogen (secondary N) is 1. The highest BCUT2D eigenvalue weighted by molar-refractivity contribution is 6.31. The molecule has 2 fully saturated rings. The van der Waals surface area contributed by atoms with E-state index in [1.807, 2.05) is 36.4 Å². The van der Waals surface area contributed by atoms with Crippen LogP contribution in [0.25, 0.3) is 0 Å².